The van der Waals surface area contributed by atoms with Gasteiger partial charge in [-0.15, -0.1) is 11.3 Å². The van der Waals surface area contributed by atoms with Crippen molar-refractivity contribution < 1.29 is 9.53 Å². The Morgan fingerprint density at radius 3 is 2.61 bits per heavy atom. The molecule has 6 heteroatoms. The third-order valence-electron chi connectivity index (χ3n) is 3.38. The third-order valence-corrected chi connectivity index (χ3v) is 4.86. The average Bonchev–Trinajstić information content (AvgIpc) is 2.74. The van der Waals surface area contributed by atoms with Gasteiger partial charge >= 0.3 is 0 Å². The van der Waals surface area contributed by atoms with Gasteiger partial charge in [-0.2, -0.15) is 0 Å². The van der Waals surface area contributed by atoms with Crippen LogP contribution in [0.4, 0.5) is 5.13 Å². The number of benzene rings is 1. The number of aryl methyl sites for hydroxylation is 2. The van der Waals surface area contributed by atoms with Crippen molar-refractivity contribution in [2.45, 2.75) is 40.0 Å². The quantitative estimate of drug-likeness (QED) is 0.804. The lowest BCUT2D eigenvalue weighted by Gasteiger charge is -2.23. The molecule has 23 heavy (non-hydrogen) atoms. The molecule has 124 valence electrons. The van der Waals surface area contributed by atoms with Crippen LogP contribution in [0.3, 0.4) is 0 Å². The maximum absolute atomic E-state index is 12.1. The molecule has 0 spiro atoms. The number of thiazole rings is 1. The zero-order valence-electron chi connectivity index (χ0n) is 14.0. The SMILES string of the molecule is Cc1nc(NC(=O)COc2ccc(Br)cc2C(C)(C)C)sc1C. The molecule has 1 N–H and O–H groups in total. The molecule has 2 aromatic rings. The standard InChI is InChI=1S/C17H21BrN2O2S/c1-10-11(2)23-16(19-10)20-15(21)9-22-14-7-6-12(18)8-13(14)17(3,4)5/h6-8H,9H2,1-5H3,(H,19,20,21). The molecule has 1 aromatic carbocycles. The Morgan fingerprint density at radius 2 is 2.04 bits per heavy atom. The van der Waals surface area contributed by atoms with E-state index in [1.807, 2.05) is 32.0 Å². The Morgan fingerprint density at radius 1 is 1.35 bits per heavy atom. The molecule has 0 fully saturated rings. The summed E-state index contributed by atoms with van der Waals surface area (Å²) >= 11 is 4.95. The lowest BCUT2D eigenvalue weighted by Crippen LogP contribution is -2.22. The van der Waals surface area contributed by atoms with Crippen LogP contribution in [0.25, 0.3) is 0 Å². The van der Waals surface area contributed by atoms with Gasteiger partial charge in [0.05, 0.1) is 5.69 Å². The van der Waals surface area contributed by atoms with Crippen molar-refractivity contribution in [2.75, 3.05) is 11.9 Å². The highest BCUT2D eigenvalue weighted by atomic mass is 79.9. The maximum atomic E-state index is 12.1. The lowest BCUT2D eigenvalue weighted by atomic mass is 9.86. The van der Waals surface area contributed by atoms with Gasteiger partial charge in [-0.25, -0.2) is 4.98 Å². The highest BCUT2D eigenvalue weighted by Gasteiger charge is 2.20. The fraction of sp³-hybridized carbons (Fsp3) is 0.412. The van der Waals surface area contributed by atoms with Crippen molar-refractivity contribution in [3.8, 4) is 5.75 Å². The van der Waals surface area contributed by atoms with Gasteiger partial charge in [0, 0.05) is 14.9 Å². The Labute approximate surface area is 149 Å². The summed E-state index contributed by atoms with van der Waals surface area (Å²) in [6.07, 6.45) is 0. The summed E-state index contributed by atoms with van der Waals surface area (Å²) in [4.78, 5) is 17.5. The minimum absolute atomic E-state index is 0.0393. The van der Waals surface area contributed by atoms with Crippen molar-refractivity contribution in [1.82, 2.24) is 4.98 Å². The first-order chi connectivity index (χ1) is 10.7. The molecule has 0 bridgehead atoms. The van der Waals surface area contributed by atoms with E-state index in [0.29, 0.717) is 5.13 Å². The Balaban J connectivity index is 2.04. The summed E-state index contributed by atoms with van der Waals surface area (Å²) in [5, 5.41) is 3.39. The zero-order chi connectivity index (χ0) is 17.2. The van der Waals surface area contributed by atoms with E-state index >= 15 is 0 Å². The Kier molecular flexibility index (Phi) is 5.47. The van der Waals surface area contributed by atoms with E-state index in [2.05, 4.69) is 47.0 Å². The summed E-state index contributed by atoms with van der Waals surface area (Å²) in [6, 6.07) is 5.83. The van der Waals surface area contributed by atoms with E-state index < -0.39 is 0 Å². The number of hydrogen-bond acceptors (Lipinski definition) is 4. The van der Waals surface area contributed by atoms with E-state index in [9.17, 15) is 4.79 Å². The summed E-state index contributed by atoms with van der Waals surface area (Å²) in [5.41, 5.74) is 1.92. The average molecular weight is 397 g/mol. The molecule has 1 heterocycles. The van der Waals surface area contributed by atoms with Gasteiger partial charge in [-0.3, -0.25) is 10.1 Å². The number of aromatic nitrogens is 1. The van der Waals surface area contributed by atoms with E-state index in [1.165, 1.54) is 11.3 Å². The second-order valence-electron chi connectivity index (χ2n) is 6.39. The molecule has 2 rings (SSSR count). The number of nitrogens with zero attached hydrogens (tertiary/aromatic N) is 1. The molecule has 0 saturated carbocycles. The van der Waals surface area contributed by atoms with Gasteiger partial charge < -0.3 is 4.74 Å². The molecule has 1 amide bonds. The number of halogens is 1. The number of anilines is 1. The van der Waals surface area contributed by atoms with E-state index in [-0.39, 0.29) is 17.9 Å². The van der Waals surface area contributed by atoms with Gasteiger partial charge in [0.2, 0.25) is 0 Å². The molecule has 0 atom stereocenters. The first-order valence-electron chi connectivity index (χ1n) is 7.33. The summed E-state index contributed by atoms with van der Waals surface area (Å²) < 4.78 is 6.73. The van der Waals surface area contributed by atoms with Gasteiger partial charge in [0.15, 0.2) is 11.7 Å². The fourth-order valence-corrected chi connectivity index (χ4v) is 3.23. The molecular weight excluding hydrogens is 376 g/mol. The molecule has 0 unspecified atom stereocenters. The van der Waals surface area contributed by atoms with Crippen LogP contribution in [0.1, 0.15) is 36.9 Å². The van der Waals surface area contributed by atoms with E-state index in [1.54, 1.807) is 0 Å². The molecule has 0 aliphatic rings. The molecule has 0 radical (unpaired) electrons. The topological polar surface area (TPSA) is 51.2 Å². The predicted octanol–water partition coefficient (Wildman–Crippen LogP) is 4.84. The molecule has 0 saturated heterocycles. The van der Waals surface area contributed by atoms with Gasteiger partial charge in [0.25, 0.3) is 5.91 Å². The van der Waals surface area contributed by atoms with Crippen molar-refractivity contribution >= 4 is 38.3 Å². The first kappa shape index (κ1) is 17.9. The van der Waals surface area contributed by atoms with Gasteiger partial charge in [-0.05, 0) is 37.5 Å². The van der Waals surface area contributed by atoms with Crippen LogP contribution < -0.4 is 10.1 Å². The number of amides is 1. The molecule has 4 nitrogen and oxygen atoms in total. The summed E-state index contributed by atoms with van der Waals surface area (Å²) in [7, 11) is 0. The number of carbonyl (C=O) groups is 1. The van der Waals surface area contributed by atoms with Crippen LogP contribution in [0.15, 0.2) is 22.7 Å². The number of ether oxygens (including phenoxy) is 1. The van der Waals surface area contributed by atoms with Crippen molar-refractivity contribution in [1.29, 1.82) is 0 Å². The van der Waals surface area contributed by atoms with Crippen LogP contribution in [-0.2, 0) is 10.2 Å². The van der Waals surface area contributed by atoms with Gasteiger partial charge in [0.1, 0.15) is 5.75 Å². The minimum atomic E-state index is -0.207. The van der Waals surface area contributed by atoms with Gasteiger partial charge in [-0.1, -0.05) is 36.7 Å². The zero-order valence-corrected chi connectivity index (χ0v) is 16.4. The monoisotopic (exact) mass is 396 g/mol. The van der Waals surface area contributed by atoms with Crippen LogP contribution >= 0.6 is 27.3 Å². The Hall–Kier alpha value is -1.40. The number of carbonyl (C=O) groups excluding carboxylic acids is 1. The van der Waals surface area contributed by atoms with Crippen LogP contribution in [0.5, 0.6) is 5.75 Å². The smallest absolute Gasteiger partial charge is 0.264 e. The largest absolute Gasteiger partial charge is 0.483 e. The summed E-state index contributed by atoms with van der Waals surface area (Å²) in [6.45, 7) is 10.2. The Bertz CT molecular complexity index is 700. The summed E-state index contributed by atoms with van der Waals surface area (Å²) in [5.74, 6) is 0.517. The van der Waals surface area contributed by atoms with Crippen LogP contribution in [0.2, 0.25) is 0 Å². The van der Waals surface area contributed by atoms with Crippen LogP contribution in [-0.4, -0.2) is 17.5 Å². The molecule has 0 aliphatic carbocycles. The molecule has 1 aromatic heterocycles. The second-order valence-corrected chi connectivity index (χ2v) is 8.51. The van der Waals surface area contributed by atoms with Crippen molar-refractivity contribution in [3.05, 3.63) is 38.8 Å². The first-order valence-corrected chi connectivity index (χ1v) is 8.94. The van der Waals surface area contributed by atoms with E-state index in [0.717, 1.165) is 26.4 Å². The number of rotatable bonds is 4. The molecule has 0 aliphatic heterocycles. The molecular formula is C17H21BrN2O2S. The normalized spacial score (nSPS) is 11.4. The van der Waals surface area contributed by atoms with Crippen LogP contribution in [0, 0.1) is 13.8 Å². The van der Waals surface area contributed by atoms with E-state index in [4.69, 9.17) is 4.74 Å². The number of hydrogen-bond donors (Lipinski definition) is 1. The minimum Gasteiger partial charge on any atom is -0.483 e. The van der Waals surface area contributed by atoms with Crippen molar-refractivity contribution in [3.63, 3.8) is 0 Å². The maximum Gasteiger partial charge on any atom is 0.264 e. The highest BCUT2D eigenvalue weighted by molar-refractivity contribution is 9.10. The third kappa shape index (κ3) is 4.78. The van der Waals surface area contributed by atoms with Crippen molar-refractivity contribution in [2.24, 2.45) is 0 Å². The lowest BCUT2D eigenvalue weighted by molar-refractivity contribution is -0.118. The number of nitrogens with one attached hydrogen (secondary N) is 1. The highest BCUT2D eigenvalue weighted by Crippen LogP contribution is 2.33. The fourth-order valence-electron chi connectivity index (χ4n) is 2.04. The second kappa shape index (κ2) is 7.01. The predicted molar refractivity (Wildman–Crippen MR) is 98.6 cm³/mol.